The second-order valence-electron chi connectivity index (χ2n) is 5.82. The van der Waals surface area contributed by atoms with Crippen molar-refractivity contribution in [3.8, 4) is 0 Å². The molecule has 0 spiro atoms. The van der Waals surface area contributed by atoms with E-state index in [2.05, 4.69) is 46.5 Å². The predicted molar refractivity (Wildman–Crippen MR) is 78.4 cm³/mol. The van der Waals surface area contributed by atoms with E-state index in [1.54, 1.807) is 0 Å². The highest BCUT2D eigenvalue weighted by Crippen LogP contribution is 2.50. The molecule has 1 aliphatic carbocycles. The van der Waals surface area contributed by atoms with Crippen LogP contribution in [0.25, 0.3) is 0 Å². The zero-order valence-electron chi connectivity index (χ0n) is 11.6. The van der Waals surface area contributed by atoms with Crippen LogP contribution in [0.4, 0.5) is 0 Å². The smallest absolute Gasteiger partial charge is 0.0702 e. The van der Waals surface area contributed by atoms with E-state index in [0.29, 0.717) is 6.04 Å². The van der Waals surface area contributed by atoms with Gasteiger partial charge in [-0.25, -0.2) is 0 Å². The van der Waals surface area contributed by atoms with E-state index in [-0.39, 0.29) is 11.5 Å². The summed E-state index contributed by atoms with van der Waals surface area (Å²) < 4.78 is 3.13. The molecule has 0 saturated heterocycles. The van der Waals surface area contributed by atoms with Gasteiger partial charge in [0.25, 0.3) is 0 Å². The Bertz CT molecular complexity index is 405. The fourth-order valence-corrected chi connectivity index (χ4v) is 3.83. The molecule has 0 amide bonds. The molecule has 0 aliphatic heterocycles. The van der Waals surface area contributed by atoms with Crippen LogP contribution in [0.2, 0.25) is 0 Å². The first-order valence-corrected chi connectivity index (χ1v) is 7.79. The molecule has 0 radical (unpaired) electrons. The van der Waals surface area contributed by atoms with Gasteiger partial charge in [0, 0.05) is 6.04 Å². The standard InChI is InChI=1S/C14H24BrN3/c1-4-14(7-5-6-8-14)13(16)12-11(15)9-17-18(12)10(2)3/h9-10,13H,4-8,16H2,1-3H3. The Morgan fingerprint density at radius 3 is 2.56 bits per heavy atom. The molecule has 1 unspecified atom stereocenters. The third kappa shape index (κ3) is 2.25. The van der Waals surface area contributed by atoms with Crippen LogP contribution in [0.3, 0.4) is 0 Å². The molecule has 1 aliphatic rings. The van der Waals surface area contributed by atoms with Gasteiger partial charge in [-0.05, 0) is 54.5 Å². The topological polar surface area (TPSA) is 43.8 Å². The lowest BCUT2D eigenvalue weighted by Crippen LogP contribution is -2.34. The van der Waals surface area contributed by atoms with Gasteiger partial charge in [0.2, 0.25) is 0 Å². The summed E-state index contributed by atoms with van der Waals surface area (Å²) in [5, 5.41) is 4.46. The van der Waals surface area contributed by atoms with Gasteiger partial charge < -0.3 is 5.73 Å². The van der Waals surface area contributed by atoms with Crippen LogP contribution >= 0.6 is 15.9 Å². The molecule has 1 aromatic rings. The molecule has 2 N–H and O–H groups in total. The molecule has 1 heterocycles. The van der Waals surface area contributed by atoms with Gasteiger partial charge >= 0.3 is 0 Å². The third-order valence-electron chi connectivity index (χ3n) is 4.53. The zero-order valence-corrected chi connectivity index (χ0v) is 13.2. The minimum Gasteiger partial charge on any atom is -0.322 e. The molecule has 0 aromatic carbocycles. The molecular weight excluding hydrogens is 290 g/mol. The number of halogens is 1. The van der Waals surface area contributed by atoms with E-state index in [9.17, 15) is 0 Å². The summed E-state index contributed by atoms with van der Waals surface area (Å²) in [6.45, 7) is 6.58. The summed E-state index contributed by atoms with van der Waals surface area (Å²) in [5.74, 6) is 0. The molecule has 102 valence electrons. The minimum absolute atomic E-state index is 0.0873. The van der Waals surface area contributed by atoms with Gasteiger partial charge in [0.1, 0.15) is 0 Å². The zero-order chi connectivity index (χ0) is 13.3. The Labute approximate surface area is 118 Å². The molecule has 1 saturated carbocycles. The van der Waals surface area contributed by atoms with Crippen LogP contribution in [-0.2, 0) is 0 Å². The van der Waals surface area contributed by atoms with Gasteiger partial charge in [-0.2, -0.15) is 5.10 Å². The van der Waals surface area contributed by atoms with Crippen LogP contribution in [0.15, 0.2) is 10.7 Å². The number of aromatic nitrogens is 2. The van der Waals surface area contributed by atoms with Gasteiger partial charge in [0.15, 0.2) is 0 Å². The summed E-state index contributed by atoms with van der Waals surface area (Å²) in [6, 6.07) is 0.442. The number of nitrogens with two attached hydrogens (primary N) is 1. The highest BCUT2D eigenvalue weighted by atomic mass is 79.9. The SMILES string of the molecule is CCC1(C(N)c2c(Br)cnn2C(C)C)CCCC1. The Morgan fingerprint density at radius 1 is 1.44 bits per heavy atom. The number of nitrogens with zero attached hydrogens (tertiary/aromatic N) is 2. The monoisotopic (exact) mass is 313 g/mol. The highest BCUT2D eigenvalue weighted by molar-refractivity contribution is 9.10. The molecule has 1 fully saturated rings. The lowest BCUT2D eigenvalue weighted by Gasteiger charge is -2.35. The Hall–Kier alpha value is -0.350. The van der Waals surface area contributed by atoms with E-state index in [0.717, 1.165) is 10.9 Å². The normalized spacial score (nSPS) is 20.6. The van der Waals surface area contributed by atoms with Crippen molar-refractivity contribution < 1.29 is 0 Å². The van der Waals surface area contributed by atoms with Gasteiger partial charge in [-0.1, -0.05) is 19.8 Å². The van der Waals surface area contributed by atoms with Crippen molar-refractivity contribution >= 4 is 15.9 Å². The van der Waals surface area contributed by atoms with E-state index >= 15 is 0 Å². The molecular formula is C14H24BrN3. The van der Waals surface area contributed by atoms with E-state index in [1.165, 1.54) is 31.4 Å². The lowest BCUT2D eigenvalue weighted by atomic mass is 9.75. The fraction of sp³-hybridized carbons (Fsp3) is 0.786. The second kappa shape index (κ2) is 5.33. The molecule has 4 heteroatoms. The molecule has 18 heavy (non-hydrogen) atoms. The van der Waals surface area contributed by atoms with Gasteiger partial charge in [-0.15, -0.1) is 0 Å². The maximum Gasteiger partial charge on any atom is 0.0702 e. The van der Waals surface area contributed by atoms with Crippen molar-refractivity contribution in [1.29, 1.82) is 0 Å². The van der Waals surface area contributed by atoms with Crippen molar-refractivity contribution in [3.63, 3.8) is 0 Å². The maximum absolute atomic E-state index is 6.64. The summed E-state index contributed by atoms with van der Waals surface area (Å²) in [6.07, 6.45) is 8.17. The van der Waals surface area contributed by atoms with Crippen LogP contribution in [0.5, 0.6) is 0 Å². The van der Waals surface area contributed by atoms with Crippen molar-refractivity contribution in [2.75, 3.05) is 0 Å². The molecule has 0 bridgehead atoms. The van der Waals surface area contributed by atoms with Crippen molar-refractivity contribution in [2.45, 2.75) is 65.0 Å². The molecule has 2 rings (SSSR count). The third-order valence-corrected chi connectivity index (χ3v) is 5.14. The average Bonchev–Trinajstić information content (AvgIpc) is 2.95. The van der Waals surface area contributed by atoms with Crippen molar-refractivity contribution in [2.24, 2.45) is 11.1 Å². The maximum atomic E-state index is 6.64. The van der Waals surface area contributed by atoms with E-state index in [4.69, 9.17) is 5.73 Å². The first kappa shape index (κ1) is 14.1. The summed E-state index contributed by atoms with van der Waals surface area (Å²) in [4.78, 5) is 0. The van der Waals surface area contributed by atoms with Crippen LogP contribution in [-0.4, -0.2) is 9.78 Å². The number of rotatable bonds is 4. The average molecular weight is 314 g/mol. The quantitative estimate of drug-likeness (QED) is 0.905. The number of hydrogen-bond donors (Lipinski definition) is 1. The largest absolute Gasteiger partial charge is 0.322 e. The Morgan fingerprint density at radius 2 is 2.06 bits per heavy atom. The first-order chi connectivity index (χ1) is 8.52. The summed E-state index contributed by atoms with van der Waals surface area (Å²) >= 11 is 3.62. The summed E-state index contributed by atoms with van der Waals surface area (Å²) in [7, 11) is 0. The second-order valence-corrected chi connectivity index (χ2v) is 6.67. The fourth-order valence-electron chi connectivity index (χ4n) is 3.31. The van der Waals surface area contributed by atoms with Gasteiger partial charge in [0.05, 0.1) is 22.4 Å². The minimum atomic E-state index is 0.0873. The molecule has 1 atom stereocenters. The van der Waals surface area contributed by atoms with E-state index in [1.807, 2.05) is 6.20 Å². The first-order valence-electron chi connectivity index (χ1n) is 7.00. The lowest BCUT2D eigenvalue weighted by molar-refractivity contribution is 0.210. The Balaban J connectivity index is 2.38. The molecule has 3 nitrogen and oxygen atoms in total. The summed E-state index contributed by atoms with van der Waals surface area (Å²) in [5.41, 5.74) is 8.09. The predicted octanol–water partition coefficient (Wildman–Crippen LogP) is 4.20. The molecule has 1 aromatic heterocycles. The van der Waals surface area contributed by atoms with Crippen LogP contribution in [0.1, 0.15) is 70.7 Å². The van der Waals surface area contributed by atoms with Crippen LogP contribution in [0, 0.1) is 5.41 Å². The van der Waals surface area contributed by atoms with Crippen molar-refractivity contribution in [1.82, 2.24) is 9.78 Å². The Kier molecular flexibility index (Phi) is 4.17. The highest BCUT2D eigenvalue weighted by Gasteiger charge is 2.40. The van der Waals surface area contributed by atoms with Crippen molar-refractivity contribution in [3.05, 3.63) is 16.4 Å². The van der Waals surface area contributed by atoms with E-state index < -0.39 is 0 Å². The van der Waals surface area contributed by atoms with Crippen LogP contribution < -0.4 is 5.73 Å². The van der Waals surface area contributed by atoms with Gasteiger partial charge in [-0.3, -0.25) is 4.68 Å². The number of hydrogen-bond acceptors (Lipinski definition) is 2.